The van der Waals surface area contributed by atoms with Crippen LogP contribution in [0.2, 0.25) is 0 Å². The SMILES string of the molecule is Cc1c(Br)cccc1C(=O)N1CCCCC1CCO. The van der Waals surface area contributed by atoms with Crippen LogP contribution in [0, 0.1) is 6.92 Å². The Hall–Kier alpha value is -0.870. The molecule has 1 aromatic rings. The Morgan fingerprint density at radius 2 is 2.26 bits per heavy atom. The number of carbonyl (C=O) groups excluding carboxylic acids is 1. The number of amides is 1. The molecule has 0 saturated carbocycles. The second-order valence-electron chi connectivity index (χ2n) is 5.07. The summed E-state index contributed by atoms with van der Waals surface area (Å²) in [5.74, 6) is 0.0944. The van der Waals surface area contributed by atoms with Gasteiger partial charge in [-0.05, 0) is 50.3 Å². The number of carbonyl (C=O) groups is 1. The highest BCUT2D eigenvalue weighted by molar-refractivity contribution is 9.10. The van der Waals surface area contributed by atoms with E-state index >= 15 is 0 Å². The predicted octanol–water partition coefficient (Wildman–Crippen LogP) is 3.13. The molecule has 4 heteroatoms. The van der Waals surface area contributed by atoms with E-state index < -0.39 is 0 Å². The van der Waals surface area contributed by atoms with Crippen LogP contribution in [0.25, 0.3) is 0 Å². The minimum absolute atomic E-state index is 0.0944. The molecule has 1 N–H and O–H groups in total. The monoisotopic (exact) mass is 325 g/mol. The van der Waals surface area contributed by atoms with Gasteiger partial charge in [-0.1, -0.05) is 22.0 Å². The van der Waals surface area contributed by atoms with Crippen LogP contribution < -0.4 is 0 Å². The van der Waals surface area contributed by atoms with Gasteiger partial charge < -0.3 is 10.0 Å². The highest BCUT2D eigenvalue weighted by Gasteiger charge is 2.27. The van der Waals surface area contributed by atoms with E-state index in [0.717, 1.165) is 41.4 Å². The fourth-order valence-corrected chi connectivity index (χ4v) is 3.08. The van der Waals surface area contributed by atoms with Crippen molar-refractivity contribution in [3.05, 3.63) is 33.8 Å². The number of rotatable bonds is 3. The molecule has 1 amide bonds. The van der Waals surface area contributed by atoms with Gasteiger partial charge in [-0.2, -0.15) is 0 Å². The van der Waals surface area contributed by atoms with Crippen molar-refractivity contribution < 1.29 is 9.90 Å². The minimum Gasteiger partial charge on any atom is -0.396 e. The topological polar surface area (TPSA) is 40.5 Å². The van der Waals surface area contributed by atoms with Crippen LogP contribution in [-0.2, 0) is 0 Å². The summed E-state index contributed by atoms with van der Waals surface area (Å²) in [5.41, 5.74) is 1.75. The van der Waals surface area contributed by atoms with Gasteiger partial charge in [-0.15, -0.1) is 0 Å². The van der Waals surface area contributed by atoms with Crippen LogP contribution in [-0.4, -0.2) is 35.1 Å². The lowest BCUT2D eigenvalue weighted by atomic mass is 9.97. The van der Waals surface area contributed by atoms with E-state index in [0.29, 0.717) is 6.42 Å². The molecule has 1 aromatic carbocycles. The number of hydrogen-bond acceptors (Lipinski definition) is 2. The number of halogens is 1. The second-order valence-corrected chi connectivity index (χ2v) is 5.93. The summed E-state index contributed by atoms with van der Waals surface area (Å²) in [5, 5.41) is 9.14. The van der Waals surface area contributed by atoms with Gasteiger partial charge in [0, 0.05) is 29.2 Å². The van der Waals surface area contributed by atoms with Crippen molar-refractivity contribution in [1.29, 1.82) is 0 Å². The molecule has 104 valence electrons. The van der Waals surface area contributed by atoms with Gasteiger partial charge >= 0.3 is 0 Å². The number of aliphatic hydroxyl groups is 1. The molecular formula is C15H20BrNO2. The van der Waals surface area contributed by atoms with Gasteiger partial charge in [-0.25, -0.2) is 0 Å². The zero-order valence-corrected chi connectivity index (χ0v) is 12.8. The van der Waals surface area contributed by atoms with Crippen molar-refractivity contribution in [3.63, 3.8) is 0 Å². The van der Waals surface area contributed by atoms with Gasteiger partial charge in [0.25, 0.3) is 5.91 Å². The largest absolute Gasteiger partial charge is 0.396 e. The predicted molar refractivity (Wildman–Crippen MR) is 79.3 cm³/mol. The van der Waals surface area contributed by atoms with Gasteiger partial charge in [0.1, 0.15) is 0 Å². The maximum Gasteiger partial charge on any atom is 0.254 e. The van der Waals surface area contributed by atoms with E-state index in [4.69, 9.17) is 5.11 Å². The van der Waals surface area contributed by atoms with Crippen molar-refractivity contribution in [2.75, 3.05) is 13.2 Å². The Kier molecular flexibility index (Phi) is 4.99. The number of hydrogen-bond donors (Lipinski definition) is 1. The smallest absolute Gasteiger partial charge is 0.254 e. The third-order valence-electron chi connectivity index (χ3n) is 3.85. The van der Waals surface area contributed by atoms with E-state index in [1.165, 1.54) is 0 Å². The van der Waals surface area contributed by atoms with Crippen LogP contribution in [0.1, 0.15) is 41.6 Å². The van der Waals surface area contributed by atoms with Crippen LogP contribution in [0.4, 0.5) is 0 Å². The first-order valence-electron chi connectivity index (χ1n) is 6.82. The zero-order valence-electron chi connectivity index (χ0n) is 11.2. The summed E-state index contributed by atoms with van der Waals surface area (Å²) < 4.78 is 0.967. The van der Waals surface area contributed by atoms with Gasteiger partial charge in [0.15, 0.2) is 0 Å². The normalized spacial score (nSPS) is 19.5. The van der Waals surface area contributed by atoms with E-state index in [1.807, 2.05) is 30.0 Å². The van der Waals surface area contributed by atoms with E-state index in [1.54, 1.807) is 0 Å². The maximum absolute atomic E-state index is 12.7. The Bertz CT molecular complexity index is 459. The Labute approximate surface area is 122 Å². The van der Waals surface area contributed by atoms with E-state index in [-0.39, 0.29) is 18.6 Å². The third kappa shape index (κ3) is 3.18. The summed E-state index contributed by atoms with van der Waals surface area (Å²) in [6, 6.07) is 5.92. The van der Waals surface area contributed by atoms with Crippen LogP contribution in [0.15, 0.2) is 22.7 Å². The molecule has 1 aliphatic heterocycles. The van der Waals surface area contributed by atoms with Crippen LogP contribution in [0.3, 0.4) is 0 Å². The molecule has 0 spiro atoms. The van der Waals surface area contributed by atoms with Crippen molar-refractivity contribution in [2.45, 2.75) is 38.6 Å². The highest BCUT2D eigenvalue weighted by Crippen LogP contribution is 2.25. The summed E-state index contributed by atoms with van der Waals surface area (Å²) in [6.07, 6.45) is 3.88. The number of benzene rings is 1. The first-order valence-corrected chi connectivity index (χ1v) is 7.61. The first kappa shape index (κ1) is 14.5. The van der Waals surface area contributed by atoms with Gasteiger partial charge in [0.2, 0.25) is 0 Å². The van der Waals surface area contributed by atoms with Crippen molar-refractivity contribution in [2.24, 2.45) is 0 Å². The average molecular weight is 326 g/mol. The number of likely N-dealkylation sites (tertiary alicyclic amines) is 1. The number of nitrogens with zero attached hydrogens (tertiary/aromatic N) is 1. The molecule has 0 aromatic heterocycles. The van der Waals surface area contributed by atoms with Crippen molar-refractivity contribution in [1.82, 2.24) is 4.90 Å². The molecule has 1 saturated heterocycles. The third-order valence-corrected chi connectivity index (χ3v) is 4.71. The Morgan fingerprint density at radius 3 is 3.00 bits per heavy atom. The van der Waals surface area contributed by atoms with Crippen molar-refractivity contribution >= 4 is 21.8 Å². The maximum atomic E-state index is 12.7. The summed E-state index contributed by atoms with van der Waals surface area (Å²) >= 11 is 3.47. The number of aliphatic hydroxyl groups excluding tert-OH is 1. The van der Waals surface area contributed by atoms with Crippen LogP contribution in [0.5, 0.6) is 0 Å². The quantitative estimate of drug-likeness (QED) is 0.927. The molecule has 1 atom stereocenters. The fraction of sp³-hybridized carbons (Fsp3) is 0.533. The van der Waals surface area contributed by atoms with E-state index in [9.17, 15) is 4.79 Å². The molecule has 1 unspecified atom stereocenters. The molecule has 0 bridgehead atoms. The molecule has 1 aliphatic rings. The standard InChI is InChI=1S/C15H20BrNO2/c1-11-13(6-4-7-14(11)16)15(19)17-9-3-2-5-12(17)8-10-18/h4,6-7,12,18H,2-3,5,8-10H2,1H3. The molecule has 19 heavy (non-hydrogen) atoms. The lowest BCUT2D eigenvalue weighted by Gasteiger charge is -2.36. The van der Waals surface area contributed by atoms with E-state index in [2.05, 4.69) is 15.9 Å². The zero-order chi connectivity index (χ0) is 13.8. The Morgan fingerprint density at radius 1 is 1.47 bits per heavy atom. The summed E-state index contributed by atoms with van der Waals surface area (Å²) in [7, 11) is 0. The lowest BCUT2D eigenvalue weighted by molar-refractivity contribution is 0.0574. The van der Waals surface area contributed by atoms with Crippen molar-refractivity contribution in [3.8, 4) is 0 Å². The molecule has 1 fully saturated rings. The lowest BCUT2D eigenvalue weighted by Crippen LogP contribution is -2.44. The summed E-state index contributed by atoms with van der Waals surface area (Å²) in [6.45, 7) is 2.91. The minimum atomic E-state index is 0.0944. The number of piperidine rings is 1. The van der Waals surface area contributed by atoms with Gasteiger partial charge in [0.05, 0.1) is 0 Å². The Balaban J connectivity index is 2.23. The molecular weight excluding hydrogens is 306 g/mol. The second kappa shape index (κ2) is 6.53. The first-order chi connectivity index (χ1) is 9.15. The molecule has 1 heterocycles. The van der Waals surface area contributed by atoms with Crippen LogP contribution >= 0.6 is 15.9 Å². The molecule has 2 rings (SSSR count). The summed E-state index contributed by atoms with van der Waals surface area (Å²) in [4.78, 5) is 14.6. The van der Waals surface area contributed by atoms with Gasteiger partial charge in [-0.3, -0.25) is 4.79 Å². The average Bonchev–Trinajstić information content (AvgIpc) is 2.42. The molecule has 0 aliphatic carbocycles. The molecule has 3 nitrogen and oxygen atoms in total. The fourth-order valence-electron chi connectivity index (χ4n) is 2.71. The molecule has 0 radical (unpaired) electrons. The highest BCUT2D eigenvalue weighted by atomic mass is 79.9.